The first-order valence-corrected chi connectivity index (χ1v) is 6.83. The molecule has 0 radical (unpaired) electrons. The second-order valence-corrected chi connectivity index (χ2v) is 5.91. The summed E-state index contributed by atoms with van der Waals surface area (Å²) in [6.07, 6.45) is -1.07. The topological polar surface area (TPSA) is 49.3 Å². The molecule has 19 heavy (non-hydrogen) atoms. The summed E-state index contributed by atoms with van der Waals surface area (Å²) < 4.78 is 38.7. The zero-order valence-corrected chi connectivity index (χ0v) is 10.8. The van der Waals surface area contributed by atoms with E-state index in [1.807, 2.05) is 0 Å². The van der Waals surface area contributed by atoms with Crippen LogP contribution in [0.5, 0.6) is 0 Å². The molecule has 6 heteroatoms. The van der Waals surface area contributed by atoms with Crippen LogP contribution in [0.25, 0.3) is 0 Å². The second-order valence-electron chi connectivity index (χ2n) is 5.91. The van der Waals surface area contributed by atoms with Crippen molar-refractivity contribution in [2.45, 2.75) is 44.7 Å². The fourth-order valence-electron chi connectivity index (χ4n) is 2.81. The lowest BCUT2D eigenvalue weighted by Gasteiger charge is -2.32. The predicted molar refractivity (Wildman–Crippen MR) is 63.3 cm³/mol. The third-order valence-electron chi connectivity index (χ3n) is 4.45. The van der Waals surface area contributed by atoms with Gasteiger partial charge in [0, 0.05) is 17.9 Å². The Labute approximate surface area is 110 Å². The van der Waals surface area contributed by atoms with Crippen LogP contribution >= 0.6 is 0 Å². The molecule has 0 aromatic carbocycles. The monoisotopic (exact) mass is 279 g/mol. The summed E-state index contributed by atoms with van der Waals surface area (Å²) in [5.74, 6) is -2.96. The van der Waals surface area contributed by atoms with Gasteiger partial charge in [0.2, 0.25) is 5.91 Å². The molecule has 0 saturated heterocycles. The molecule has 0 aromatic rings. The van der Waals surface area contributed by atoms with E-state index in [9.17, 15) is 18.0 Å². The van der Waals surface area contributed by atoms with Crippen LogP contribution in [0.4, 0.5) is 13.2 Å². The molecule has 2 aliphatic rings. The number of alkyl halides is 3. The van der Waals surface area contributed by atoms with Crippen LogP contribution in [0.3, 0.4) is 0 Å². The maximum Gasteiger partial charge on any atom is 0.392 e. The minimum absolute atomic E-state index is 0.0132. The number of hydrogen-bond donors (Lipinski definition) is 2. The summed E-state index contributed by atoms with van der Waals surface area (Å²) in [6.45, 7) is 0.282. The van der Waals surface area contributed by atoms with Crippen molar-refractivity contribution >= 4 is 5.91 Å². The molecule has 2 rings (SSSR count). The average Bonchev–Trinajstić information content (AvgIpc) is 3.16. The highest BCUT2D eigenvalue weighted by molar-refractivity contribution is 5.79. The van der Waals surface area contributed by atoms with Gasteiger partial charge in [0.1, 0.15) is 0 Å². The molecular formula is C13H20F3NO2. The number of aliphatic hydroxyl groups excluding tert-OH is 1. The first-order valence-electron chi connectivity index (χ1n) is 6.83. The Morgan fingerprint density at radius 3 is 2.42 bits per heavy atom. The van der Waals surface area contributed by atoms with Crippen LogP contribution < -0.4 is 5.32 Å². The molecule has 0 spiro atoms. The lowest BCUT2D eigenvalue weighted by molar-refractivity contribution is -0.198. The molecule has 3 nitrogen and oxygen atoms in total. The highest BCUT2D eigenvalue weighted by Crippen LogP contribution is 2.45. The Bertz CT molecular complexity index is 339. The van der Waals surface area contributed by atoms with E-state index in [4.69, 9.17) is 5.11 Å². The van der Waals surface area contributed by atoms with Crippen molar-refractivity contribution in [2.24, 2.45) is 17.3 Å². The standard InChI is InChI=1S/C13H20F3NO2/c14-13(15,16)10-4-2-1-3-9(10)11(19)17-7-12(8-18)5-6-12/h9-10,18H,1-8H2,(H,17,19). The van der Waals surface area contributed by atoms with Crippen molar-refractivity contribution in [3.8, 4) is 0 Å². The van der Waals surface area contributed by atoms with Crippen LogP contribution in [-0.4, -0.2) is 30.3 Å². The first kappa shape index (κ1) is 14.6. The molecule has 110 valence electrons. The Morgan fingerprint density at radius 2 is 1.89 bits per heavy atom. The predicted octanol–water partition coefficient (Wildman–Crippen LogP) is 2.24. The third-order valence-corrected chi connectivity index (χ3v) is 4.45. The summed E-state index contributed by atoms with van der Waals surface area (Å²) >= 11 is 0. The van der Waals surface area contributed by atoms with Gasteiger partial charge in [-0.05, 0) is 25.7 Å². The lowest BCUT2D eigenvalue weighted by atomic mass is 9.78. The van der Waals surface area contributed by atoms with Gasteiger partial charge >= 0.3 is 6.18 Å². The van der Waals surface area contributed by atoms with E-state index in [2.05, 4.69) is 5.32 Å². The van der Waals surface area contributed by atoms with Gasteiger partial charge in [0.15, 0.2) is 0 Å². The summed E-state index contributed by atoms with van der Waals surface area (Å²) in [5, 5.41) is 11.7. The van der Waals surface area contributed by atoms with Gasteiger partial charge in [0.25, 0.3) is 0 Å². The van der Waals surface area contributed by atoms with Gasteiger partial charge in [-0.1, -0.05) is 12.8 Å². The molecule has 2 fully saturated rings. The van der Waals surface area contributed by atoms with E-state index in [1.54, 1.807) is 0 Å². The van der Waals surface area contributed by atoms with Gasteiger partial charge in [0.05, 0.1) is 12.5 Å². The smallest absolute Gasteiger partial charge is 0.392 e. The van der Waals surface area contributed by atoms with Gasteiger partial charge < -0.3 is 10.4 Å². The summed E-state index contributed by atoms with van der Waals surface area (Å²) in [5.41, 5.74) is -0.266. The molecule has 1 amide bonds. The van der Waals surface area contributed by atoms with Crippen LogP contribution in [0.1, 0.15) is 38.5 Å². The number of amides is 1. The van der Waals surface area contributed by atoms with Gasteiger partial charge in [-0.2, -0.15) is 13.2 Å². The largest absolute Gasteiger partial charge is 0.396 e. The molecule has 0 heterocycles. The maximum absolute atomic E-state index is 12.9. The maximum atomic E-state index is 12.9. The van der Waals surface area contributed by atoms with Crippen molar-refractivity contribution < 1.29 is 23.1 Å². The number of carbonyl (C=O) groups is 1. The Morgan fingerprint density at radius 1 is 1.26 bits per heavy atom. The van der Waals surface area contributed by atoms with Crippen LogP contribution in [0.2, 0.25) is 0 Å². The summed E-state index contributed by atoms with van der Waals surface area (Å²) in [4.78, 5) is 12.0. The van der Waals surface area contributed by atoms with Crippen molar-refractivity contribution in [3.05, 3.63) is 0 Å². The SMILES string of the molecule is O=C(NCC1(CO)CC1)C1CCCCC1C(F)(F)F. The van der Waals surface area contributed by atoms with Crippen LogP contribution in [-0.2, 0) is 4.79 Å². The zero-order chi connectivity index (χ0) is 14.1. The molecule has 2 unspecified atom stereocenters. The van der Waals surface area contributed by atoms with Crippen LogP contribution in [0.15, 0.2) is 0 Å². The molecule has 2 atom stereocenters. The Hall–Kier alpha value is -0.780. The zero-order valence-electron chi connectivity index (χ0n) is 10.8. The lowest BCUT2D eigenvalue weighted by Crippen LogP contribution is -2.44. The van der Waals surface area contributed by atoms with Gasteiger partial charge in [-0.15, -0.1) is 0 Å². The minimum atomic E-state index is -4.29. The van der Waals surface area contributed by atoms with Crippen LogP contribution in [0, 0.1) is 17.3 Å². The Balaban J connectivity index is 1.92. The third kappa shape index (κ3) is 3.41. The molecule has 0 aliphatic heterocycles. The highest BCUT2D eigenvalue weighted by Gasteiger charge is 2.49. The molecule has 0 bridgehead atoms. The number of carbonyl (C=O) groups excluding carboxylic acids is 1. The van der Waals surface area contributed by atoms with E-state index in [1.165, 1.54) is 0 Å². The van der Waals surface area contributed by atoms with Crippen molar-refractivity contribution in [1.29, 1.82) is 0 Å². The summed E-state index contributed by atoms with van der Waals surface area (Å²) in [7, 11) is 0. The second kappa shape index (κ2) is 5.31. The molecule has 2 N–H and O–H groups in total. The van der Waals surface area contributed by atoms with Gasteiger partial charge in [-0.3, -0.25) is 4.79 Å². The molecule has 2 aliphatic carbocycles. The van der Waals surface area contributed by atoms with E-state index in [-0.39, 0.29) is 18.4 Å². The number of hydrogen-bond acceptors (Lipinski definition) is 2. The molecular weight excluding hydrogens is 259 g/mol. The van der Waals surface area contributed by atoms with Crippen molar-refractivity contribution in [3.63, 3.8) is 0 Å². The highest BCUT2D eigenvalue weighted by atomic mass is 19.4. The van der Waals surface area contributed by atoms with Crippen molar-refractivity contribution in [2.75, 3.05) is 13.2 Å². The van der Waals surface area contributed by atoms with E-state index >= 15 is 0 Å². The number of halogens is 3. The van der Waals surface area contributed by atoms with E-state index in [0.29, 0.717) is 25.8 Å². The summed E-state index contributed by atoms with van der Waals surface area (Å²) in [6, 6.07) is 0. The minimum Gasteiger partial charge on any atom is -0.396 e. The number of rotatable bonds is 4. The fourth-order valence-corrected chi connectivity index (χ4v) is 2.81. The number of aliphatic hydroxyl groups is 1. The average molecular weight is 279 g/mol. The first-order chi connectivity index (χ1) is 8.88. The normalized spacial score (nSPS) is 29.9. The fraction of sp³-hybridized carbons (Fsp3) is 0.923. The quantitative estimate of drug-likeness (QED) is 0.829. The molecule has 0 aromatic heterocycles. The van der Waals surface area contributed by atoms with E-state index in [0.717, 1.165) is 12.8 Å². The number of nitrogens with one attached hydrogen (secondary N) is 1. The van der Waals surface area contributed by atoms with Crippen molar-refractivity contribution in [1.82, 2.24) is 5.32 Å². The van der Waals surface area contributed by atoms with E-state index < -0.39 is 23.9 Å². The Kier molecular flexibility index (Phi) is 4.08. The van der Waals surface area contributed by atoms with Gasteiger partial charge in [-0.25, -0.2) is 0 Å². The molecule has 2 saturated carbocycles.